The molecular weight excluding hydrogens is 615 g/mol. The van der Waals surface area contributed by atoms with Gasteiger partial charge in [0.1, 0.15) is 23.1 Å². The third-order valence-electron chi connectivity index (χ3n) is 6.37. The van der Waals surface area contributed by atoms with Gasteiger partial charge in [-0.25, -0.2) is 18.4 Å². The Kier molecular flexibility index (Phi) is 9.64. The zero-order chi connectivity index (χ0) is 32.0. The number of nitrogens with zero attached hydrogens (tertiary/aromatic N) is 5. The highest BCUT2D eigenvalue weighted by Gasteiger charge is 2.19. The van der Waals surface area contributed by atoms with Gasteiger partial charge >= 0.3 is 0 Å². The highest BCUT2D eigenvalue weighted by Crippen LogP contribution is 2.30. The standard InChI is InChI=1S/C31H31N7O5S2/c1-5-43-26-14-10-24(11-15-26)38-30(22-6-12-25(42-4)13-7-22)35-36-31(38)44-19-29(39)34-23-8-16-27(17-9-23)45(40,41)37-28-18-20(2)32-21(3)33-28/h6-18H,5,19H2,1-4H3,(H,34,39)(H,32,33,37). The Balaban J connectivity index is 1.29. The Hall–Kier alpha value is -4.95. The summed E-state index contributed by atoms with van der Waals surface area (Å²) in [7, 11) is -2.29. The van der Waals surface area contributed by atoms with Gasteiger partial charge in [-0.1, -0.05) is 11.8 Å². The van der Waals surface area contributed by atoms with Crippen LogP contribution in [0.3, 0.4) is 0 Å². The third kappa shape index (κ3) is 7.77. The zero-order valence-electron chi connectivity index (χ0n) is 25.0. The lowest BCUT2D eigenvalue weighted by atomic mass is 10.2. The van der Waals surface area contributed by atoms with Gasteiger partial charge in [-0.2, -0.15) is 0 Å². The van der Waals surface area contributed by atoms with Crippen LogP contribution >= 0.6 is 11.8 Å². The van der Waals surface area contributed by atoms with Gasteiger partial charge in [0.2, 0.25) is 5.91 Å². The van der Waals surface area contributed by atoms with E-state index in [9.17, 15) is 13.2 Å². The number of thioether (sulfide) groups is 1. The molecule has 12 nitrogen and oxygen atoms in total. The fraction of sp³-hybridized carbons (Fsp3) is 0.194. The van der Waals surface area contributed by atoms with E-state index in [-0.39, 0.29) is 22.4 Å². The molecule has 0 unspecified atom stereocenters. The lowest BCUT2D eigenvalue weighted by Crippen LogP contribution is -2.16. The van der Waals surface area contributed by atoms with E-state index in [0.29, 0.717) is 34.8 Å². The number of hydrogen-bond acceptors (Lipinski definition) is 10. The van der Waals surface area contributed by atoms with Crippen LogP contribution in [0.2, 0.25) is 0 Å². The van der Waals surface area contributed by atoms with E-state index in [1.54, 1.807) is 27.0 Å². The van der Waals surface area contributed by atoms with Crippen LogP contribution in [0.25, 0.3) is 17.1 Å². The van der Waals surface area contributed by atoms with Gasteiger partial charge in [-0.15, -0.1) is 10.2 Å². The van der Waals surface area contributed by atoms with Crippen LogP contribution in [0, 0.1) is 13.8 Å². The molecule has 0 spiro atoms. The summed E-state index contributed by atoms with van der Waals surface area (Å²) < 4.78 is 40.9. The molecule has 45 heavy (non-hydrogen) atoms. The van der Waals surface area contributed by atoms with Crippen molar-refractivity contribution in [3.63, 3.8) is 0 Å². The molecule has 1 amide bonds. The molecule has 232 valence electrons. The largest absolute Gasteiger partial charge is 0.497 e. The number of hydrogen-bond donors (Lipinski definition) is 2. The van der Waals surface area contributed by atoms with Crippen molar-refractivity contribution >= 4 is 39.2 Å². The first-order valence-electron chi connectivity index (χ1n) is 13.9. The second kappa shape index (κ2) is 13.8. The first-order valence-corrected chi connectivity index (χ1v) is 16.3. The third-order valence-corrected chi connectivity index (χ3v) is 8.67. The Morgan fingerprint density at radius 3 is 2.24 bits per heavy atom. The Morgan fingerprint density at radius 1 is 0.911 bits per heavy atom. The van der Waals surface area contributed by atoms with Crippen LogP contribution in [-0.4, -0.2) is 58.5 Å². The molecule has 0 fully saturated rings. The van der Waals surface area contributed by atoms with Crippen LogP contribution in [-0.2, 0) is 14.8 Å². The van der Waals surface area contributed by atoms with E-state index in [4.69, 9.17) is 9.47 Å². The van der Waals surface area contributed by atoms with Crippen molar-refractivity contribution in [1.82, 2.24) is 24.7 Å². The number of benzene rings is 3. The summed E-state index contributed by atoms with van der Waals surface area (Å²) in [4.78, 5) is 21.2. The van der Waals surface area contributed by atoms with E-state index in [1.165, 1.54) is 36.0 Å². The van der Waals surface area contributed by atoms with Crippen molar-refractivity contribution in [3.8, 4) is 28.6 Å². The number of ether oxygens (including phenoxy) is 2. The fourth-order valence-corrected chi connectivity index (χ4v) is 6.14. The number of anilines is 2. The molecule has 0 aliphatic rings. The number of sulfonamides is 1. The molecule has 5 rings (SSSR count). The van der Waals surface area contributed by atoms with Crippen molar-refractivity contribution in [2.75, 3.05) is 29.5 Å². The average Bonchev–Trinajstić information content (AvgIpc) is 3.44. The lowest BCUT2D eigenvalue weighted by Gasteiger charge is -2.12. The lowest BCUT2D eigenvalue weighted by molar-refractivity contribution is -0.113. The molecular formula is C31H31N7O5S2. The molecule has 0 aliphatic heterocycles. The molecule has 0 radical (unpaired) electrons. The summed E-state index contributed by atoms with van der Waals surface area (Å²) >= 11 is 1.22. The van der Waals surface area contributed by atoms with Crippen molar-refractivity contribution in [1.29, 1.82) is 0 Å². The first kappa shape index (κ1) is 31.5. The summed E-state index contributed by atoms with van der Waals surface area (Å²) in [6.07, 6.45) is 0. The minimum absolute atomic E-state index is 0.0262. The van der Waals surface area contributed by atoms with E-state index in [1.807, 2.05) is 60.0 Å². The molecule has 5 aromatic rings. The van der Waals surface area contributed by atoms with Crippen LogP contribution in [0.15, 0.2) is 88.9 Å². The van der Waals surface area contributed by atoms with E-state index in [2.05, 4.69) is 30.2 Å². The molecule has 0 bridgehead atoms. The molecule has 14 heteroatoms. The summed E-state index contributed by atoms with van der Waals surface area (Å²) in [5.74, 6) is 2.43. The zero-order valence-corrected chi connectivity index (χ0v) is 26.6. The molecule has 2 aromatic heterocycles. The van der Waals surface area contributed by atoms with Gasteiger partial charge < -0.3 is 14.8 Å². The second-order valence-corrected chi connectivity index (χ2v) is 12.3. The number of aromatic nitrogens is 5. The fourth-order valence-electron chi connectivity index (χ4n) is 4.39. The van der Waals surface area contributed by atoms with Crippen LogP contribution in [0.5, 0.6) is 11.5 Å². The topological polar surface area (TPSA) is 150 Å². The van der Waals surface area contributed by atoms with Gasteiger partial charge in [-0.05, 0) is 93.6 Å². The second-order valence-electron chi connectivity index (χ2n) is 9.71. The minimum atomic E-state index is -3.89. The molecule has 0 atom stereocenters. The molecule has 3 aromatic carbocycles. The summed E-state index contributed by atoms with van der Waals surface area (Å²) in [5.41, 5.74) is 2.71. The first-order chi connectivity index (χ1) is 21.6. The SMILES string of the molecule is CCOc1ccc(-n2c(SCC(=O)Nc3ccc(S(=O)(=O)Nc4cc(C)nc(C)n4)cc3)nnc2-c2ccc(OC)cc2)cc1. The van der Waals surface area contributed by atoms with Crippen LogP contribution in [0.4, 0.5) is 11.5 Å². The maximum Gasteiger partial charge on any atom is 0.263 e. The number of carbonyl (C=O) groups excluding carboxylic acids is 1. The monoisotopic (exact) mass is 645 g/mol. The van der Waals surface area contributed by atoms with E-state index >= 15 is 0 Å². The highest BCUT2D eigenvalue weighted by molar-refractivity contribution is 7.99. The summed E-state index contributed by atoms with van der Waals surface area (Å²) in [6, 6.07) is 22.4. The van der Waals surface area contributed by atoms with Crippen molar-refractivity contribution in [2.24, 2.45) is 0 Å². The Labute approximate surface area is 265 Å². The van der Waals surface area contributed by atoms with Gasteiger partial charge in [0.05, 0.1) is 24.4 Å². The number of aryl methyl sites for hydroxylation is 2. The molecule has 0 aliphatic carbocycles. The predicted molar refractivity (Wildman–Crippen MR) is 173 cm³/mol. The van der Waals surface area contributed by atoms with Crippen molar-refractivity contribution in [3.05, 3.63) is 90.4 Å². The van der Waals surface area contributed by atoms with Crippen molar-refractivity contribution in [2.45, 2.75) is 30.8 Å². The number of rotatable bonds is 12. The molecule has 2 N–H and O–H groups in total. The number of methoxy groups -OCH3 is 1. The van der Waals surface area contributed by atoms with Crippen LogP contribution < -0.4 is 19.5 Å². The maximum absolute atomic E-state index is 12.9. The smallest absolute Gasteiger partial charge is 0.263 e. The van der Waals surface area contributed by atoms with Crippen molar-refractivity contribution < 1.29 is 22.7 Å². The minimum Gasteiger partial charge on any atom is -0.497 e. The summed E-state index contributed by atoms with van der Waals surface area (Å²) in [6.45, 7) is 5.92. The Bertz CT molecular complexity index is 1870. The number of carbonyl (C=O) groups is 1. The number of amides is 1. The molecule has 0 saturated carbocycles. The van der Waals surface area contributed by atoms with Crippen LogP contribution in [0.1, 0.15) is 18.4 Å². The van der Waals surface area contributed by atoms with Gasteiger partial charge in [0.25, 0.3) is 10.0 Å². The molecule has 2 heterocycles. The highest BCUT2D eigenvalue weighted by atomic mass is 32.2. The van der Waals surface area contributed by atoms with Gasteiger partial charge in [-0.3, -0.25) is 14.1 Å². The Morgan fingerprint density at radius 2 is 1.60 bits per heavy atom. The normalized spacial score (nSPS) is 11.2. The van der Waals surface area contributed by atoms with Gasteiger partial charge in [0, 0.05) is 28.7 Å². The quantitative estimate of drug-likeness (QED) is 0.172. The van der Waals surface area contributed by atoms with Gasteiger partial charge in [0.15, 0.2) is 11.0 Å². The maximum atomic E-state index is 12.9. The van der Waals surface area contributed by atoms with E-state index < -0.39 is 10.0 Å². The summed E-state index contributed by atoms with van der Waals surface area (Å²) in [5, 5.41) is 12.1. The molecule has 0 saturated heterocycles. The van der Waals surface area contributed by atoms with E-state index in [0.717, 1.165) is 22.7 Å². The average molecular weight is 646 g/mol. The number of nitrogens with one attached hydrogen (secondary N) is 2. The predicted octanol–water partition coefficient (Wildman–Crippen LogP) is 5.28.